The van der Waals surface area contributed by atoms with E-state index >= 15 is 0 Å². The summed E-state index contributed by atoms with van der Waals surface area (Å²) < 4.78 is 5.36. The average Bonchev–Trinajstić information content (AvgIpc) is 2.42. The van der Waals surface area contributed by atoms with Gasteiger partial charge in [0.25, 0.3) is 0 Å². The fourth-order valence-electron chi connectivity index (χ4n) is 2.63. The van der Waals surface area contributed by atoms with Crippen LogP contribution in [-0.4, -0.2) is 19.1 Å². The summed E-state index contributed by atoms with van der Waals surface area (Å²) in [6, 6.07) is 0. The van der Waals surface area contributed by atoms with Crippen molar-refractivity contribution < 1.29 is 9.53 Å². The van der Waals surface area contributed by atoms with Crippen LogP contribution in [0.15, 0.2) is 0 Å². The zero-order valence-electron chi connectivity index (χ0n) is 11.8. The maximum atomic E-state index is 11.8. The Bertz CT molecular complexity index is 223. The molecule has 0 atom stereocenters. The number of rotatable bonds is 8. The molecule has 1 fully saturated rings. The predicted octanol–water partition coefficient (Wildman–Crippen LogP) is 3.27. The smallest absolute Gasteiger partial charge is 0.308 e. The standard InChI is InChI=1S/C15H29NO2/c1-2-3-4-5-6-11-18-15(17)14-9-7-13(12-16)8-10-14/h13-14H,2-12,16H2,1H3. The first-order valence-electron chi connectivity index (χ1n) is 7.64. The van der Waals surface area contributed by atoms with Gasteiger partial charge in [-0.25, -0.2) is 0 Å². The van der Waals surface area contributed by atoms with Gasteiger partial charge in [0, 0.05) is 0 Å². The zero-order valence-corrected chi connectivity index (χ0v) is 11.8. The lowest BCUT2D eigenvalue weighted by molar-refractivity contribution is -0.150. The topological polar surface area (TPSA) is 52.3 Å². The number of carbonyl (C=O) groups is 1. The van der Waals surface area contributed by atoms with E-state index in [4.69, 9.17) is 10.5 Å². The number of ether oxygens (including phenoxy) is 1. The Morgan fingerprint density at radius 1 is 1.11 bits per heavy atom. The van der Waals surface area contributed by atoms with Gasteiger partial charge >= 0.3 is 5.97 Å². The van der Waals surface area contributed by atoms with Crippen LogP contribution in [0.5, 0.6) is 0 Å². The van der Waals surface area contributed by atoms with Crippen LogP contribution in [-0.2, 0) is 9.53 Å². The van der Waals surface area contributed by atoms with E-state index in [9.17, 15) is 4.79 Å². The van der Waals surface area contributed by atoms with Crippen LogP contribution in [0.4, 0.5) is 0 Å². The van der Waals surface area contributed by atoms with Crippen molar-refractivity contribution >= 4 is 5.97 Å². The highest BCUT2D eigenvalue weighted by molar-refractivity contribution is 5.72. The average molecular weight is 255 g/mol. The molecule has 1 saturated carbocycles. The van der Waals surface area contributed by atoms with Crippen molar-refractivity contribution in [2.45, 2.75) is 64.7 Å². The van der Waals surface area contributed by atoms with Crippen LogP contribution >= 0.6 is 0 Å². The number of esters is 1. The zero-order chi connectivity index (χ0) is 13.2. The van der Waals surface area contributed by atoms with Crippen molar-refractivity contribution in [1.29, 1.82) is 0 Å². The monoisotopic (exact) mass is 255 g/mol. The fraction of sp³-hybridized carbons (Fsp3) is 0.933. The highest BCUT2D eigenvalue weighted by Gasteiger charge is 2.26. The van der Waals surface area contributed by atoms with E-state index in [0.717, 1.165) is 38.6 Å². The molecule has 1 aliphatic rings. The van der Waals surface area contributed by atoms with Gasteiger partial charge < -0.3 is 10.5 Å². The third kappa shape index (κ3) is 5.85. The number of unbranched alkanes of at least 4 members (excludes halogenated alkanes) is 4. The minimum Gasteiger partial charge on any atom is -0.465 e. The van der Waals surface area contributed by atoms with E-state index in [1.54, 1.807) is 0 Å². The molecule has 18 heavy (non-hydrogen) atoms. The van der Waals surface area contributed by atoms with E-state index < -0.39 is 0 Å². The van der Waals surface area contributed by atoms with Gasteiger partial charge in [-0.15, -0.1) is 0 Å². The Balaban J connectivity index is 2.03. The fourth-order valence-corrected chi connectivity index (χ4v) is 2.63. The van der Waals surface area contributed by atoms with Crippen molar-refractivity contribution in [2.24, 2.45) is 17.6 Å². The summed E-state index contributed by atoms with van der Waals surface area (Å²) in [5, 5.41) is 0. The summed E-state index contributed by atoms with van der Waals surface area (Å²) in [4.78, 5) is 11.8. The van der Waals surface area contributed by atoms with E-state index in [2.05, 4.69) is 6.92 Å². The second-order valence-corrected chi connectivity index (χ2v) is 5.54. The van der Waals surface area contributed by atoms with Gasteiger partial charge in [0.2, 0.25) is 0 Å². The van der Waals surface area contributed by atoms with Gasteiger partial charge in [-0.2, -0.15) is 0 Å². The minimum atomic E-state index is 0.0287. The molecule has 0 unspecified atom stereocenters. The van der Waals surface area contributed by atoms with Gasteiger partial charge in [-0.3, -0.25) is 4.79 Å². The molecular formula is C15H29NO2. The third-order valence-corrected chi connectivity index (χ3v) is 4.01. The molecule has 0 aromatic rings. The molecule has 0 saturated heterocycles. The summed E-state index contributed by atoms with van der Waals surface area (Å²) in [6.45, 7) is 3.58. The van der Waals surface area contributed by atoms with Crippen LogP contribution in [0.1, 0.15) is 64.7 Å². The lowest BCUT2D eigenvalue weighted by atomic mass is 9.82. The quantitative estimate of drug-likeness (QED) is 0.535. The summed E-state index contributed by atoms with van der Waals surface area (Å²) >= 11 is 0. The van der Waals surface area contributed by atoms with Gasteiger partial charge in [0.05, 0.1) is 12.5 Å². The summed E-state index contributed by atoms with van der Waals surface area (Å²) in [5.74, 6) is 0.799. The SMILES string of the molecule is CCCCCCCOC(=O)C1CCC(CN)CC1. The molecule has 0 amide bonds. The lowest BCUT2D eigenvalue weighted by Gasteiger charge is -2.26. The van der Waals surface area contributed by atoms with E-state index in [1.807, 2.05) is 0 Å². The number of hydrogen-bond acceptors (Lipinski definition) is 3. The highest BCUT2D eigenvalue weighted by atomic mass is 16.5. The van der Waals surface area contributed by atoms with Crippen molar-refractivity contribution in [3.05, 3.63) is 0 Å². The predicted molar refractivity (Wildman–Crippen MR) is 74.2 cm³/mol. The molecule has 2 N–H and O–H groups in total. The Hall–Kier alpha value is -0.570. The summed E-state index contributed by atoms with van der Waals surface area (Å²) in [6.07, 6.45) is 10.1. The Kier molecular flexibility index (Phi) is 8.06. The Morgan fingerprint density at radius 2 is 1.78 bits per heavy atom. The summed E-state index contributed by atoms with van der Waals surface area (Å²) in [5.41, 5.74) is 5.65. The van der Waals surface area contributed by atoms with Gasteiger partial charge in [-0.1, -0.05) is 32.6 Å². The van der Waals surface area contributed by atoms with Gasteiger partial charge in [0.15, 0.2) is 0 Å². The highest BCUT2D eigenvalue weighted by Crippen LogP contribution is 2.28. The maximum absolute atomic E-state index is 11.8. The largest absolute Gasteiger partial charge is 0.465 e. The molecule has 0 radical (unpaired) electrons. The second kappa shape index (κ2) is 9.37. The Morgan fingerprint density at radius 3 is 2.39 bits per heavy atom. The van der Waals surface area contributed by atoms with Gasteiger partial charge in [-0.05, 0) is 44.6 Å². The Labute approximate surface area is 111 Å². The number of carbonyl (C=O) groups excluding carboxylic acids is 1. The van der Waals surface area contributed by atoms with Crippen molar-refractivity contribution in [3.63, 3.8) is 0 Å². The first-order valence-corrected chi connectivity index (χ1v) is 7.64. The van der Waals surface area contributed by atoms with E-state index in [-0.39, 0.29) is 11.9 Å². The minimum absolute atomic E-state index is 0.0287. The van der Waals surface area contributed by atoms with Crippen LogP contribution < -0.4 is 5.73 Å². The molecular weight excluding hydrogens is 226 g/mol. The molecule has 106 valence electrons. The van der Waals surface area contributed by atoms with Crippen LogP contribution in [0.25, 0.3) is 0 Å². The van der Waals surface area contributed by atoms with Crippen LogP contribution in [0, 0.1) is 11.8 Å². The number of hydrogen-bond donors (Lipinski definition) is 1. The van der Waals surface area contributed by atoms with Crippen molar-refractivity contribution in [1.82, 2.24) is 0 Å². The molecule has 0 heterocycles. The molecule has 0 bridgehead atoms. The van der Waals surface area contributed by atoms with Gasteiger partial charge in [0.1, 0.15) is 0 Å². The number of nitrogens with two attached hydrogens (primary N) is 1. The molecule has 3 nitrogen and oxygen atoms in total. The molecule has 1 aliphatic carbocycles. The third-order valence-electron chi connectivity index (χ3n) is 4.01. The first-order chi connectivity index (χ1) is 8.77. The van der Waals surface area contributed by atoms with Crippen molar-refractivity contribution in [2.75, 3.05) is 13.2 Å². The molecule has 0 aliphatic heterocycles. The van der Waals surface area contributed by atoms with E-state index in [0.29, 0.717) is 12.5 Å². The summed E-state index contributed by atoms with van der Waals surface area (Å²) in [7, 11) is 0. The second-order valence-electron chi connectivity index (χ2n) is 5.54. The molecule has 3 heteroatoms. The normalized spacial score (nSPS) is 23.9. The lowest BCUT2D eigenvalue weighted by Crippen LogP contribution is -2.27. The molecule has 0 aromatic heterocycles. The first kappa shape index (κ1) is 15.5. The maximum Gasteiger partial charge on any atom is 0.308 e. The van der Waals surface area contributed by atoms with Crippen LogP contribution in [0.3, 0.4) is 0 Å². The van der Waals surface area contributed by atoms with Crippen molar-refractivity contribution in [3.8, 4) is 0 Å². The molecule has 0 spiro atoms. The van der Waals surface area contributed by atoms with E-state index in [1.165, 1.54) is 25.7 Å². The molecule has 0 aromatic carbocycles. The van der Waals surface area contributed by atoms with Crippen LogP contribution in [0.2, 0.25) is 0 Å². The molecule has 1 rings (SSSR count).